The molecule has 2 heterocycles. The number of ketones is 1. The summed E-state index contributed by atoms with van der Waals surface area (Å²) in [5.74, 6) is 1.03. The van der Waals surface area contributed by atoms with Crippen molar-refractivity contribution in [1.29, 1.82) is 5.26 Å². The van der Waals surface area contributed by atoms with Crippen molar-refractivity contribution in [3.63, 3.8) is 0 Å². The fourth-order valence-corrected chi connectivity index (χ4v) is 4.43. The SMILES string of the molecule is COc1ccc(C2C(C#N)=C(N)N(c3ncn[nH]3)C3=C2C(=O)CC(C)(C)C3)c(OC)c1. The van der Waals surface area contributed by atoms with Crippen molar-refractivity contribution in [3.05, 3.63) is 52.8 Å². The molecule has 160 valence electrons. The van der Waals surface area contributed by atoms with E-state index in [0.29, 0.717) is 41.4 Å². The Morgan fingerprint density at radius 2 is 2.06 bits per heavy atom. The molecule has 4 rings (SSSR count). The first-order chi connectivity index (χ1) is 14.8. The number of rotatable bonds is 4. The van der Waals surface area contributed by atoms with Crippen molar-refractivity contribution >= 4 is 11.7 Å². The molecule has 0 saturated carbocycles. The molecule has 0 saturated heterocycles. The molecule has 1 aromatic carbocycles. The van der Waals surface area contributed by atoms with Gasteiger partial charge in [0.15, 0.2) is 5.78 Å². The lowest BCUT2D eigenvalue weighted by Crippen LogP contribution is -2.42. The van der Waals surface area contributed by atoms with Crippen molar-refractivity contribution in [3.8, 4) is 17.6 Å². The molecule has 0 fully saturated rings. The summed E-state index contributed by atoms with van der Waals surface area (Å²) in [6, 6.07) is 7.56. The summed E-state index contributed by atoms with van der Waals surface area (Å²) in [7, 11) is 3.11. The average molecular weight is 420 g/mol. The predicted molar refractivity (Wildman–Crippen MR) is 113 cm³/mol. The van der Waals surface area contributed by atoms with Crippen molar-refractivity contribution in [2.45, 2.75) is 32.6 Å². The van der Waals surface area contributed by atoms with E-state index in [1.807, 2.05) is 19.9 Å². The minimum Gasteiger partial charge on any atom is -0.497 e. The van der Waals surface area contributed by atoms with Crippen LogP contribution in [0.4, 0.5) is 5.95 Å². The Morgan fingerprint density at radius 1 is 1.29 bits per heavy atom. The molecule has 3 N–H and O–H groups in total. The van der Waals surface area contributed by atoms with Crippen LogP contribution in [0.25, 0.3) is 0 Å². The van der Waals surface area contributed by atoms with Gasteiger partial charge in [-0.15, -0.1) is 0 Å². The Morgan fingerprint density at radius 3 is 2.68 bits per heavy atom. The molecule has 1 aliphatic heterocycles. The molecule has 0 bridgehead atoms. The van der Waals surface area contributed by atoms with Crippen LogP contribution in [0.15, 0.2) is 47.2 Å². The van der Waals surface area contributed by atoms with E-state index in [9.17, 15) is 10.1 Å². The molecule has 1 atom stereocenters. The van der Waals surface area contributed by atoms with Crippen LogP contribution < -0.4 is 20.1 Å². The Hall–Kier alpha value is -3.80. The van der Waals surface area contributed by atoms with Gasteiger partial charge < -0.3 is 15.2 Å². The van der Waals surface area contributed by atoms with Crippen LogP contribution in [0.3, 0.4) is 0 Å². The zero-order valence-electron chi connectivity index (χ0n) is 17.9. The Bertz CT molecular complexity index is 1140. The molecule has 1 unspecified atom stereocenters. The summed E-state index contributed by atoms with van der Waals surface area (Å²) in [6.07, 6.45) is 2.32. The smallest absolute Gasteiger partial charge is 0.231 e. The number of aromatic nitrogens is 3. The summed E-state index contributed by atoms with van der Waals surface area (Å²) in [5, 5.41) is 16.8. The molecule has 2 aromatic rings. The average Bonchev–Trinajstić information content (AvgIpc) is 3.25. The van der Waals surface area contributed by atoms with E-state index >= 15 is 0 Å². The second-order valence-corrected chi connectivity index (χ2v) is 8.40. The van der Waals surface area contributed by atoms with Gasteiger partial charge in [0, 0.05) is 29.3 Å². The standard InChI is InChI=1S/C22H24N6O3/c1-22(2)8-15-19(16(29)9-22)18(13-6-5-12(30-3)7-17(13)31-4)14(10-23)20(24)28(15)21-25-11-26-27-21/h5-7,11,18H,8-9,24H2,1-4H3,(H,25,26,27). The van der Waals surface area contributed by atoms with Crippen molar-refractivity contribution < 1.29 is 14.3 Å². The molecule has 9 nitrogen and oxygen atoms in total. The number of nitrogens with one attached hydrogen (secondary N) is 1. The fourth-order valence-electron chi connectivity index (χ4n) is 4.43. The Kier molecular flexibility index (Phi) is 4.93. The Labute approximate surface area is 180 Å². The number of hydrogen-bond acceptors (Lipinski definition) is 8. The molecular formula is C22H24N6O3. The van der Waals surface area contributed by atoms with Crippen LogP contribution in [-0.4, -0.2) is 35.2 Å². The fraction of sp³-hybridized carbons (Fsp3) is 0.364. The second-order valence-electron chi connectivity index (χ2n) is 8.40. The van der Waals surface area contributed by atoms with Crippen molar-refractivity contribution in [1.82, 2.24) is 15.2 Å². The first-order valence-electron chi connectivity index (χ1n) is 9.84. The minimum absolute atomic E-state index is 0.0288. The summed E-state index contributed by atoms with van der Waals surface area (Å²) < 4.78 is 10.9. The monoisotopic (exact) mass is 420 g/mol. The number of carbonyl (C=O) groups is 1. The lowest BCUT2D eigenvalue weighted by Gasteiger charge is -2.42. The topological polar surface area (TPSA) is 130 Å². The second kappa shape index (κ2) is 7.47. The summed E-state index contributed by atoms with van der Waals surface area (Å²) >= 11 is 0. The zero-order chi connectivity index (χ0) is 22.3. The van der Waals surface area contributed by atoms with Gasteiger partial charge in [-0.3, -0.25) is 9.69 Å². The number of ether oxygens (including phenoxy) is 2. The van der Waals surface area contributed by atoms with E-state index in [0.717, 1.165) is 5.70 Å². The third-order valence-corrected chi connectivity index (χ3v) is 5.75. The van der Waals surface area contributed by atoms with Crippen LogP contribution in [0, 0.1) is 16.7 Å². The highest BCUT2D eigenvalue weighted by atomic mass is 16.5. The van der Waals surface area contributed by atoms with E-state index in [4.69, 9.17) is 15.2 Å². The van der Waals surface area contributed by atoms with Crippen LogP contribution in [-0.2, 0) is 4.79 Å². The van der Waals surface area contributed by atoms with E-state index in [-0.39, 0.29) is 22.6 Å². The number of carbonyl (C=O) groups excluding carboxylic acids is 1. The molecule has 2 aliphatic rings. The van der Waals surface area contributed by atoms with Gasteiger partial charge in [-0.25, -0.2) is 5.10 Å². The number of nitrogens with two attached hydrogens (primary N) is 1. The molecule has 9 heteroatoms. The van der Waals surface area contributed by atoms with Crippen LogP contribution in [0.2, 0.25) is 0 Å². The minimum atomic E-state index is -0.649. The van der Waals surface area contributed by atoms with Gasteiger partial charge in [-0.1, -0.05) is 19.9 Å². The molecule has 31 heavy (non-hydrogen) atoms. The van der Waals surface area contributed by atoms with Crippen molar-refractivity contribution in [2.24, 2.45) is 11.1 Å². The summed E-state index contributed by atoms with van der Waals surface area (Å²) in [5.41, 5.74) is 8.44. The first kappa shape index (κ1) is 20.5. The number of nitrogens with zero attached hydrogens (tertiary/aromatic N) is 4. The lowest BCUT2D eigenvalue weighted by atomic mass is 9.68. The normalized spacial score (nSPS) is 20.4. The predicted octanol–water partition coefficient (Wildman–Crippen LogP) is 2.76. The number of allylic oxidation sites excluding steroid dienone is 3. The number of benzene rings is 1. The van der Waals surface area contributed by atoms with Crippen LogP contribution >= 0.6 is 0 Å². The highest BCUT2D eigenvalue weighted by Crippen LogP contribution is 2.51. The van der Waals surface area contributed by atoms with E-state index < -0.39 is 5.92 Å². The third kappa shape index (κ3) is 3.30. The third-order valence-electron chi connectivity index (χ3n) is 5.75. The maximum absolute atomic E-state index is 13.5. The van der Waals surface area contributed by atoms with Gasteiger partial charge in [0.2, 0.25) is 5.95 Å². The van der Waals surface area contributed by atoms with Gasteiger partial charge in [0.05, 0.1) is 31.8 Å². The van der Waals surface area contributed by atoms with E-state index in [1.165, 1.54) is 6.33 Å². The van der Waals surface area contributed by atoms with E-state index in [2.05, 4.69) is 21.3 Å². The number of Topliss-reactive ketones (excluding diaryl/α,β-unsaturated/α-hetero) is 1. The molecule has 1 aliphatic carbocycles. The first-order valence-corrected chi connectivity index (χ1v) is 9.84. The van der Waals surface area contributed by atoms with Crippen molar-refractivity contribution in [2.75, 3.05) is 19.1 Å². The summed E-state index contributed by atoms with van der Waals surface area (Å²) in [6.45, 7) is 4.08. The summed E-state index contributed by atoms with van der Waals surface area (Å²) in [4.78, 5) is 19.3. The molecule has 0 spiro atoms. The molecule has 0 radical (unpaired) electrons. The number of aromatic amines is 1. The van der Waals surface area contributed by atoms with Gasteiger partial charge in [0.1, 0.15) is 23.6 Å². The van der Waals surface area contributed by atoms with Gasteiger partial charge in [-0.05, 0) is 17.9 Å². The number of hydrogen-bond donors (Lipinski definition) is 2. The van der Waals surface area contributed by atoms with Crippen LogP contribution in [0.1, 0.15) is 38.2 Å². The highest BCUT2D eigenvalue weighted by molar-refractivity contribution is 6.01. The largest absolute Gasteiger partial charge is 0.497 e. The number of methoxy groups -OCH3 is 2. The number of nitriles is 1. The maximum atomic E-state index is 13.5. The zero-order valence-corrected chi connectivity index (χ0v) is 17.9. The van der Waals surface area contributed by atoms with Gasteiger partial charge >= 0.3 is 0 Å². The number of anilines is 1. The van der Waals surface area contributed by atoms with Crippen LogP contribution in [0.5, 0.6) is 11.5 Å². The molecular weight excluding hydrogens is 396 g/mol. The Balaban J connectivity index is 2.01. The van der Waals surface area contributed by atoms with E-state index in [1.54, 1.807) is 31.3 Å². The molecule has 1 aromatic heterocycles. The maximum Gasteiger partial charge on any atom is 0.231 e. The van der Waals surface area contributed by atoms with Gasteiger partial charge in [0.25, 0.3) is 0 Å². The quantitative estimate of drug-likeness (QED) is 0.772. The number of H-pyrrole nitrogens is 1. The molecule has 0 amide bonds. The van der Waals surface area contributed by atoms with Gasteiger partial charge in [-0.2, -0.15) is 15.3 Å². The lowest BCUT2D eigenvalue weighted by molar-refractivity contribution is -0.118. The highest BCUT2D eigenvalue weighted by Gasteiger charge is 2.46.